The van der Waals surface area contributed by atoms with Gasteiger partial charge in [-0.05, 0) is 38.8 Å². The Hall–Kier alpha value is -1.69. The number of fused-ring (bicyclic) bond motifs is 1. The van der Waals surface area contributed by atoms with E-state index in [4.69, 9.17) is 0 Å². The molecule has 2 aromatic rings. The van der Waals surface area contributed by atoms with Gasteiger partial charge >= 0.3 is 0 Å². The zero-order valence-electron chi connectivity index (χ0n) is 13.0. The Balaban J connectivity index is 1.54. The lowest BCUT2D eigenvalue weighted by atomic mass is 10.0. The molecular formula is C16H24N6. The van der Waals surface area contributed by atoms with E-state index in [1.807, 2.05) is 6.20 Å². The van der Waals surface area contributed by atoms with Gasteiger partial charge in [-0.15, -0.1) is 0 Å². The average molecular weight is 300 g/mol. The predicted molar refractivity (Wildman–Crippen MR) is 87.0 cm³/mol. The summed E-state index contributed by atoms with van der Waals surface area (Å²) >= 11 is 0. The molecule has 1 N–H and O–H groups in total. The summed E-state index contributed by atoms with van der Waals surface area (Å²) in [6.45, 7) is 4.70. The van der Waals surface area contributed by atoms with Gasteiger partial charge in [0.05, 0.1) is 11.6 Å². The van der Waals surface area contributed by atoms with Crippen LogP contribution in [0, 0.1) is 0 Å². The first-order chi connectivity index (χ1) is 10.9. The maximum atomic E-state index is 4.54. The number of hydrogen-bond acceptors (Lipinski definition) is 5. The number of aromatic amines is 1. The van der Waals surface area contributed by atoms with Crippen LogP contribution in [0.3, 0.4) is 0 Å². The summed E-state index contributed by atoms with van der Waals surface area (Å²) in [4.78, 5) is 13.9. The molecule has 2 aliphatic rings. The summed E-state index contributed by atoms with van der Waals surface area (Å²) in [7, 11) is 0. The molecule has 0 saturated carbocycles. The van der Waals surface area contributed by atoms with Gasteiger partial charge in [-0.3, -0.25) is 10.00 Å². The van der Waals surface area contributed by atoms with Crippen molar-refractivity contribution >= 4 is 16.9 Å². The lowest BCUT2D eigenvalue weighted by Gasteiger charge is -2.39. The molecule has 2 aromatic heterocycles. The van der Waals surface area contributed by atoms with Gasteiger partial charge in [0.1, 0.15) is 12.1 Å². The van der Waals surface area contributed by atoms with Crippen molar-refractivity contribution in [3.05, 3.63) is 12.5 Å². The van der Waals surface area contributed by atoms with E-state index in [9.17, 15) is 0 Å². The summed E-state index contributed by atoms with van der Waals surface area (Å²) in [6.07, 6.45) is 11.6. The summed E-state index contributed by atoms with van der Waals surface area (Å²) in [6, 6.07) is 0.670. The standard InChI is InChI=1S/C16H24N6/c1-2-4-8-21(7-3-1)13-6-5-9-22(11-13)16-14-10-19-20-15(14)17-12-18-16/h10,12-13H,1-9,11H2,(H,17,18,19,20)/t13-/m1/s1. The highest BCUT2D eigenvalue weighted by atomic mass is 15.3. The molecule has 22 heavy (non-hydrogen) atoms. The number of rotatable bonds is 2. The highest BCUT2D eigenvalue weighted by Gasteiger charge is 2.27. The van der Waals surface area contributed by atoms with Crippen molar-refractivity contribution in [2.75, 3.05) is 31.1 Å². The molecule has 1 atom stereocenters. The van der Waals surface area contributed by atoms with Crippen LogP contribution in [0.1, 0.15) is 38.5 Å². The quantitative estimate of drug-likeness (QED) is 0.921. The van der Waals surface area contributed by atoms with E-state index in [1.54, 1.807) is 6.33 Å². The van der Waals surface area contributed by atoms with E-state index in [-0.39, 0.29) is 0 Å². The van der Waals surface area contributed by atoms with Gasteiger partial charge in [0, 0.05) is 19.1 Å². The summed E-state index contributed by atoms with van der Waals surface area (Å²) in [5.74, 6) is 1.04. The van der Waals surface area contributed by atoms with Gasteiger partial charge < -0.3 is 4.90 Å². The molecule has 0 aromatic carbocycles. The van der Waals surface area contributed by atoms with Crippen molar-refractivity contribution in [2.24, 2.45) is 0 Å². The Morgan fingerprint density at radius 2 is 1.86 bits per heavy atom. The first kappa shape index (κ1) is 13.9. The topological polar surface area (TPSA) is 60.9 Å². The minimum absolute atomic E-state index is 0.670. The number of hydrogen-bond donors (Lipinski definition) is 1. The van der Waals surface area contributed by atoms with Crippen LogP contribution in [0.5, 0.6) is 0 Å². The number of aromatic nitrogens is 4. The third kappa shape index (κ3) is 2.67. The van der Waals surface area contributed by atoms with E-state index in [1.165, 1.54) is 51.6 Å². The van der Waals surface area contributed by atoms with Crippen molar-refractivity contribution < 1.29 is 0 Å². The second-order valence-electron chi connectivity index (χ2n) is 6.52. The molecular weight excluding hydrogens is 276 g/mol. The lowest BCUT2D eigenvalue weighted by molar-refractivity contribution is 0.182. The van der Waals surface area contributed by atoms with Crippen LogP contribution in [0.25, 0.3) is 11.0 Å². The molecule has 2 fully saturated rings. The van der Waals surface area contributed by atoms with Crippen LogP contribution in [-0.2, 0) is 0 Å². The van der Waals surface area contributed by atoms with Crippen LogP contribution < -0.4 is 4.90 Å². The van der Waals surface area contributed by atoms with Gasteiger partial charge in [0.25, 0.3) is 0 Å². The van der Waals surface area contributed by atoms with Crippen LogP contribution in [-0.4, -0.2) is 57.3 Å². The maximum absolute atomic E-state index is 4.54. The fourth-order valence-electron chi connectivity index (χ4n) is 3.91. The molecule has 4 rings (SSSR count). The number of H-pyrrole nitrogens is 1. The number of likely N-dealkylation sites (tertiary alicyclic amines) is 1. The van der Waals surface area contributed by atoms with E-state index in [0.29, 0.717) is 6.04 Å². The Labute approximate surface area is 130 Å². The highest BCUT2D eigenvalue weighted by molar-refractivity contribution is 5.86. The maximum Gasteiger partial charge on any atom is 0.160 e. The fraction of sp³-hybridized carbons (Fsp3) is 0.688. The molecule has 2 saturated heterocycles. The number of nitrogens with zero attached hydrogens (tertiary/aromatic N) is 5. The van der Waals surface area contributed by atoms with Crippen molar-refractivity contribution in [2.45, 2.75) is 44.6 Å². The van der Waals surface area contributed by atoms with Gasteiger partial charge in [0.15, 0.2) is 5.65 Å². The van der Waals surface area contributed by atoms with Gasteiger partial charge in [-0.2, -0.15) is 5.10 Å². The van der Waals surface area contributed by atoms with Crippen LogP contribution in [0.4, 0.5) is 5.82 Å². The minimum atomic E-state index is 0.670. The second kappa shape index (κ2) is 6.20. The lowest BCUT2D eigenvalue weighted by Crippen LogP contribution is -2.48. The third-order valence-corrected chi connectivity index (χ3v) is 5.08. The summed E-state index contributed by atoms with van der Waals surface area (Å²) < 4.78 is 0. The fourth-order valence-corrected chi connectivity index (χ4v) is 3.91. The normalized spacial score (nSPS) is 24.5. The molecule has 118 valence electrons. The van der Waals surface area contributed by atoms with Crippen LogP contribution >= 0.6 is 0 Å². The summed E-state index contributed by atoms with van der Waals surface area (Å²) in [5, 5.41) is 8.10. The minimum Gasteiger partial charge on any atom is -0.354 e. The Bertz CT molecular complexity index is 616. The molecule has 4 heterocycles. The van der Waals surface area contributed by atoms with Gasteiger partial charge in [0.2, 0.25) is 0 Å². The molecule has 2 aliphatic heterocycles. The van der Waals surface area contributed by atoms with E-state index >= 15 is 0 Å². The molecule has 0 amide bonds. The molecule has 6 heteroatoms. The largest absolute Gasteiger partial charge is 0.354 e. The second-order valence-corrected chi connectivity index (χ2v) is 6.52. The van der Waals surface area contributed by atoms with E-state index in [2.05, 4.69) is 30.0 Å². The number of piperidine rings is 1. The Morgan fingerprint density at radius 3 is 2.73 bits per heavy atom. The molecule has 0 spiro atoms. The first-order valence-electron chi connectivity index (χ1n) is 8.55. The average Bonchev–Trinajstić information content (AvgIpc) is 2.88. The molecule has 0 radical (unpaired) electrons. The first-order valence-corrected chi connectivity index (χ1v) is 8.55. The summed E-state index contributed by atoms with van der Waals surface area (Å²) in [5.41, 5.74) is 0.835. The van der Waals surface area contributed by atoms with Crippen molar-refractivity contribution in [1.82, 2.24) is 25.1 Å². The Kier molecular flexibility index (Phi) is 3.93. The van der Waals surface area contributed by atoms with Crippen LogP contribution in [0.2, 0.25) is 0 Å². The zero-order chi connectivity index (χ0) is 14.8. The third-order valence-electron chi connectivity index (χ3n) is 5.08. The monoisotopic (exact) mass is 300 g/mol. The van der Waals surface area contributed by atoms with E-state index in [0.717, 1.165) is 29.9 Å². The molecule has 6 nitrogen and oxygen atoms in total. The van der Waals surface area contributed by atoms with Crippen molar-refractivity contribution in [3.63, 3.8) is 0 Å². The molecule has 0 bridgehead atoms. The van der Waals surface area contributed by atoms with E-state index < -0.39 is 0 Å². The number of nitrogens with one attached hydrogen (secondary N) is 1. The molecule has 0 unspecified atom stereocenters. The van der Waals surface area contributed by atoms with Crippen LogP contribution in [0.15, 0.2) is 12.5 Å². The van der Waals surface area contributed by atoms with Crippen molar-refractivity contribution in [3.8, 4) is 0 Å². The SMILES string of the molecule is c1nc(N2CCC[C@@H](N3CCCCCC3)C2)c2cn[nH]c2n1. The smallest absolute Gasteiger partial charge is 0.160 e. The number of anilines is 1. The predicted octanol–water partition coefficient (Wildman–Crippen LogP) is 2.20. The highest BCUT2D eigenvalue weighted by Crippen LogP contribution is 2.26. The van der Waals surface area contributed by atoms with Gasteiger partial charge in [-0.25, -0.2) is 9.97 Å². The Morgan fingerprint density at radius 1 is 1.00 bits per heavy atom. The zero-order valence-corrected chi connectivity index (χ0v) is 13.0. The van der Waals surface area contributed by atoms with Crippen molar-refractivity contribution in [1.29, 1.82) is 0 Å². The van der Waals surface area contributed by atoms with Gasteiger partial charge in [-0.1, -0.05) is 12.8 Å². The molecule has 0 aliphatic carbocycles.